The fourth-order valence-corrected chi connectivity index (χ4v) is 3.52. The molecule has 0 amide bonds. The lowest BCUT2D eigenvalue weighted by molar-refractivity contribution is 0.250. The molecule has 0 unspecified atom stereocenters. The molecule has 0 aliphatic carbocycles. The molecule has 0 saturated carbocycles. The van der Waals surface area contributed by atoms with Crippen molar-refractivity contribution in [3.63, 3.8) is 0 Å². The minimum Gasteiger partial charge on any atom is -0.487 e. The highest BCUT2D eigenvalue weighted by atomic mass is 16.5. The normalized spacial score (nSPS) is 11.3. The van der Waals surface area contributed by atoms with Crippen LogP contribution in [0, 0.1) is 0 Å². The number of aliphatic hydroxyl groups is 2. The number of aliphatic hydroxyl groups excluding tert-OH is 2. The minimum atomic E-state index is -0.162. The number of imidazole rings is 1. The smallest absolute Gasteiger partial charge is 0.218 e. The van der Waals surface area contributed by atoms with Gasteiger partial charge in [0.25, 0.3) is 0 Å². The van der Waals surface area contributed by atoms with Crippen molar-refractivity contribution in [2.75, 3.05) is 0 Å². The van der Waals surface area contributed by atoms with Crippen LogP contribution in [0.1, 0.15) is 40.5 Å². The predicted octanol–water partition coefficient (Wildman–Crippen LogP) is 4.24. The third kappa shape index (κ3) is 6.19. The molecule has 0 radical (unpaired) electrons. The summed E-state index contributed by atoms with van der Waals surface area (Å²) in [7, 11) is 0. The molecule has 170 valence electrons. The van der Waals surface area contributed by atoms with E-state index in [1.54, 1.807) is 12.6 Å². The van der Waals surface area contributed by atoms with Gasteiger partial charge in [0.05, 0.1) is 30.9 Å². The van der Waals surface area contributed by atoms with E-state index in [-0.39, 0.29) is 13.2 Å². The summed E-state index contributed by atoms with van der Waals surface area (Å²) in [6.07, 6.45) is 8.85. The topological polar surface area (TPSA) is 93.5 Å². The first-order valence-electron chi connectivity index (χ1n) is 10.9. The molecule has 4 rings (SSSR count). The largest absolute Gasteiger partial charge is 0.487 e. The molecule has 4 aromatic rings. The zero-order valence-corrected chi connectivity index (χ0v) is 18.3. The number of hydrogen-bond acceptors (Lipinski definition) is 6. The van der Waals surface area contributed by atoms with E-state index in [0.29, 0.717) is 23.9 Å². The van der Waals surface area contributed by atoms with E-state index < -0.39 is 0 Å². The van der Waals surface area contributed by atoms with Crippen LogP contribution in [-0.2, 0) is 32.8 Å². The van der Waals surface area contributed by atoms with E-state index in [1.807, 2.05) is 71.3 Å². The summed E-state index contributed by atoms with van der Waals surface area (Å²) in [5.74, 6) is 1.31. The first kappa shape index (κ1) is 22.5. The van der Waals surface area contributed by atoms with Gasteiger partial charge in [-0.05, 0) is 42.2 Å². The van der Waals surface area contributed by atoms with Crippen LogP contribution in [0.25, 0.3) is 12.2 Å². The Balaban J connectivity index is 1.23. The van der Waals surface area contributed by atoms with Crippen LogP contribution in [0.3, 0.4) is 0 Å². The summed E-state index contributed by atoms with van der Waals surface area (Å²) in [6.45, 7) is 0.775. The van der Waals surface area contributed by atoms with Crippen LogP contribution in [0.15, 0.2) is 71.6 Å². The molecule has 7 heteroatoms. The van der Waals surface area contributed by atoms with Crippen molar-refractivity contribution in [1.82, 2.24) is 14.5 Å². The summed E-state index contributed by atoms with van der Waals surface area (Å²) < 4.78 is 13.2. The maximum atomic E-state index is 9.47. The van der Waals surface area contributed by atoms with Gasteiger partial charge in [-0.15, -0.1) is 0 Å². The number of hydrogen-bond donors (Lipinski definition) is 2. The summed E-state index contributed by atoms with van der Waals surface area (Å²) >= 11 is 0. The Morgan fingerprint density at radius 1 is 0.970 bits per heavy atom. The average Bonchev–Trinajstić information content (AvgIpc) is 3.49. The van der Waals surface area contributed by atoms with Gasteiger partial charge in [0, 0.05) is 12.6 Å². The Morgan fingerprint density at radius 2 is 1.79 bits per heavy atom. The molecule has 2 aromatic heterocycles. The zero-order valence-electron chi connectivity index (χ0n) is 18.3. The molecule has 2 aromatic carbocycles. The Bertz CT molecular complexity index is 1160. The second-order valence-corrected chi connectivity index (χ2v) is 7.60. The van der Waals surface area contributed by atoms with E-state index in [4.69, 9.17) is 9.15 Å². The first-order chi connectivity index (χ1) is 16.2. The number of nitrogens with zero attached hydrogens (tertiary/aromatic N) is 3. The maximum Gasteiger partial charge on any atom is 0.218 e. The highest BCUT2D eigenvalue weighted by Gasteiger charge is 2.09. The van der Waals surface area contributed by atoms with Gasteiger partial charge in [-0.3, -0.25) is 0 Å². The molecule has 0 atom stereocenters. The van der Waals surface area contributed by atoms with Gasteiger partial charge in [0.1, 0.15) is 24.3 Å². The lowest BCUT2D eigenvalue weighted by Crippen LogP contribution is -2.05. The highest BCUT2D eigenvalue weighted by molar-refractivity contribution is 5.65. The molecule has 0 fully saturated rings. The van der Waals surface area contributed by atoms with E-state index in [9.17, 15) is 10.2 Å². The van der Waals surface area contributed by atoms with E-state index in [0.717, 1.165) is 36.4 Å². The van der Waals surface area contributed by atoms with Crippen LogP contribution < -0.4 is 4.74 Å². The molecule has 2 N–H and O–H groups in total. The number of aromatic nitrogens is 3. The summed E-state index contributed by atoms with van der Waals surface area (Å²) in [5, 5.41) is 18.7. The van der Waals surface area contributed by atoms with Crippen molar-refractivity contribution in [2.45, 2.75) is 39.2 Å². The van der Waals surface area contributed by atoms with Gasteiger partial charge in [-0.25, -0.2) is 9.97 Å². The average molecular weight is 446 g/mol. The number of aryl methyl sites for hydroxylation is 2. The van der Waals surface area contributed by atoms with E-state index >= 15 is 0 Å². The van der Waals surface area contributed by atoms with Crippen LogP contribution >= 0.6 is 0 Å². The summed E-state index contributed by atoms with van der Waals surface area (Å²) in [4.78, 5) is 8.56. The second kappa shape index (κ2) is 11.3. The molecule has 0 aliphatic rings. The molecule has 0 spiro atoms. The fourth-order valence-electron chi connectivity index (χ4n) is 3.52. The van der Waals surface area contributed by atoms with E-state index in [2.05, 4.69) is 9.97 Å². The molecule has 33 heavy (non-hydrogen) atoms. The quantitative estimate of drug-likeness (QED) is 0.359. The van der Waals surface area contributed by atoms with E-state index in [1.165, 1.54) is 5.56 Å². The molecular weight excluding hydrogens is 418 g/mol. The van der Waals surface area contributed by atoms with Crippen molar-refractivity contribution in [3.8, 4) is 5.75 Å². The van der Waals surface area contributed by atoms with Crippen molar-refractivity contribution >= 4 is 12.2 Å². The lowest BCUT2D eigenvalue weighted by atomic mass is 10.1. The molecule has 0 bridgehead atoms. The molecule has 2 heterocycles. The minimum absolute atomic E-state index is 0.127. The van der Waals surface area contributed by atoms with Gasteiger partial charge in [-0.1, -0.05) is 42.5 Å². The number of benzene rings is 2. The predicted molar refractivity (Wildman–Crippen MR) is 125 cm³/mol. The molecule has 0 aliphatic heterocycles. The SMILES string of the molecule is OCc1ncn(CCCc2ccc(OCc3coc(/C=C/c4ccccc4)n3)cc2)c1CO. The summed E-state index contributed by atoms with van der Waals surface area (Å²) in [5.41, 5.74) is 4.22. The standard InChI is InChI=1S/C26H27N3O4/c30-15-24-25(16-31)29(19-27-24)14-4-7-21-8-11-23(12-9-21)32-17-22-18-33-26(28-22)13-10-20-5-2-1-3-6-20/h1-3,5-6,8-13,18-19,30-31H,4,7,14-17H2/b13-10+. The van der Waals surface area contributed by atoms with Crippen LogP contribution in [0.4, 0.5) is 0 Å². The Kier molecular flexibility index (Phi) is 7.68. The van der Waals surface area contributed by atoms with Crippen LogP contribution in [0.2, 0.25) is 0 Å². The van der Waals surface area contributed by atoms with Gasteiger partial charge in [-0.2, -0.15) is 0 Å². The van der Waals surface area contributed by atoms with Crippen molar-refractivity contribution in [3.05, 3.63) is 101 Å². The second-order valence-electron chi connectivity index (χ2n) is 7.60. The maximum absolute atomic E-state index is 9.47. The van der Waals surface area contributed by atoms with Crippen molar-refractivity contribution in [1.29, 1.82) is 0 Å². The number of ether oxygens (including phenoxy) is 1. The molecule has 0 saturated heterocycles. The third-order valence-electron chi connectivity index (χ3n) is 5.29. The van der Waals surface area contributed by atoms with Gasteiger partial charge in [0.15, 0.2) is 0 Å². The van der Waals surface area contributed by atoms with Crippen LogP contribution in [0.5, 0.6) is 5.75 Å². The Hall–Kier alpha value is -3.68. The van der Waals surface area contributed by atoms with Gasteiger partial charge >= 0.3 is 0 Å². The molecular formula is C26H27N3O4. The lowest BCUT2D eigenvalue weighted by Gasteiger charge is -2.08. The number of rotatable bonds is 11. The monoisotopic (exact) mass is 445 g/mol. The zero-order chi connectivity index (χ0) is 22.9. The first-order valence-corrected chi connectivity index (χ1v) is 10.9. The fraction of sp³-hybridized carbons (Fsp3) is 0.231. The van der Waals surface area contributed by atoms with Crippen LogP contribution in [-0.4, -0.2) is 24.7 Å². The van der Waals surface area contributed by atoms with Crippen molar-refractivity contribution < 1.29 is 19.4 Å². The third-order valence-corrected chi connectivity index (χ3v) is 5.29. The van der Waals surface area contributed by atoms with Crippen molar-refractivity contribution in [2.24, 2.45) is 0 Å². The Morgan fingerprint density at radius 3 is 2.55 bits per heavy atom. The number of oxazole rings is 1. The Labute approximate surface area is 192 Å². The van der Waals surface area contributed by atoms with Gasteiger partial charge < -0.3 is 23.9 Å². The molecule has 7 nitrogen and oxygen atoms in total. The summed E-state index contributed by atoms with van der Waals surface area (Å²) in [6, 6.07) is 18.0. The van der Waals surface area contributed by atoms with Gasteiger partial charge in [0.2, 0.25) is 5.89 Å². The highest BCUT2D eigenvalue weighted by Crippen LogP contribution is 2.17.